The van der Waals surface area contributed by atoms with Crippen LogP contribution in [0.3, 0.4) is 0 Å². The average molecular weight is 278 g/mol. The molecule has 2 heterocycles. The zero-order valence-corrected chi connectivity index (χ0v) is 12.3. The summed E-state index contributed by atoms with van der Waals surface area (Å²) in [5, 5.41) is 3.20. The van der Waals surface area contributed by atoms with E-state index < -0.39 is 0 Å². The van der Waals surface area contributed by atoms with Crippen molar-refractivity contribution in [2.24, 2.45) is 0 Å². The lowest BCUT2D eigenvalue weighted by Gasteiger charge is -2.21. The van der Waals surface area contributed by atoms with Crippen LogP contribution in [0.5, 0.6) is 0 Å². The fourth-order valence-electron chi connectivity index (χ4n) is 2.57. The zero-order valence-electron chi connectivity index (χ0n) is 12.3. The lowest BCUT2D eigenvalue weighted by Crippen LogP contribution is -2.36. The highest BCUT2D eigenvalue weighted by Crippen LogP contribution is 2.20. The van der Waals surface area contributed by atoms with Gasteiger partial charge in [-0.05, 0) is 33.2 Å². The molecule has 0 bridgehead atoms. The Hall–Kier alpha value is -1.69. The molecule has 0 amide bonds. The van der Waals surface area contributed by atoms with E-state index in [2.05, 4.69) is 20.2 Å². The first kappa shape index (κ1) is 14.7. The maximum atomic E-state index is 11.7. The van der Waals surface area contributed by atoms with E-state index in [0.717, 1.165) is 43.3 Å². The van der Waals surface area contributed by atoms with Crippen LogP contribution in [0.15, 0.2) is 6.07 Å². The summed E-state index contributed by atoms with van der Waals surface area (Å²) in [5.41, 5.74) is 0.930. The van der Waals surface area contributed by atoms with Crippen molar-refractivity contribution in [3.05, 3.63) is 17.6 Å². The van der Waals surface area contributed by atoms with E-state index in [1.54, 1.807) is 0 Å². The first-order chi connectivity index (χ1) is 9.63. The van der Waals surface area contributed by atoms with Gasteiger partial charge in [-0.25, -0.2) is 9.97 Å². The Labute approximate surface area is 119 Å². The maximum Gasteiger partial charge on any atom is 0.323 e. The molecule has 1 aromatic heterocycles. The highest BCUT2D eigenvalue weighted by atomic mass is 16.5. The molecule has 6 nitrogen and oxygen atoms in total. The summed E-state index contributed by atoms with van der Waals surface area (Å²) in [5.74, 6) is 1.42. The minimum absolute atomic E-state index is 0.160. The Bertz CT molecular complexity index is 478. The van der Waals surface area contributed by atoms with E-state index >= 15 is 0 Å². The van der Waals surface area contributed by atoms with Gasteiger partial charge >= 0.3 is 5.97 Å². The highest BCUT2D eigenvalue weighted by molar-refractivity contribution is 5.75. The van der Waals surface area contributed by atoms with Crippen molar-refractivity contribution in [3.8, 4) is 0 Å². The fourth-order valence-corrected chi connectivity index (χ4v) is 2.57. The van der Waals surface area contributed by atoms with Crippen LogP contribution in [0, 0.1) is 6.92 Å². The first-order valence-electron chi connectivity index (χ1n) is 7.04. The third-order valence-corrected chi connectivity index (χ3v) is 3.44. The van der Waals surface area contributed by atoms with E-state index in [1.165, 1.54) is 7.11 Å². The second-order valence-corrected chi connectivity index (χ2v) is 4.99. The smallest absolute Gasteiger partial charge is 0.323 e. The number of methoxy groups -OCH3 is 1. The number of ether oxygens (including phenoxy) is 1. The molecular weight excluding hydrogens is 256 g/mol. The number of aromatic nitrogens is 2. The monoisotopic (exact) mass is 278 g/mol. The highest BCUT2D eigenvalue weighted by Gasteiger charge is 2.31. The third kappa shape index (κ3) is 3.45. The van der Waals surface area contributed by atoms with Gasteiger partial charge in [-0.15, -0.1) is 0 Å². The van der Waals surface area contributed by atoms with Crippen LogP contribution in [-0.2, 0) is 16.1 Å². The van der Waals surface area contributed by atoms with Gasteiger partial charge in [-0.1, -0.05) is 0 Å². The average Bonchev–Trinajstić information content (AvgIpc) is 2.85. The molecule has 1 fully saturated rings. The summed E-state index contributed by atoms with van der Waals surface area (Å²) in [6, 6.07) is 1.76. The van der Waals surface area contributed by atoms with Crippen LogP contribution >= 0.6 is 0 Å². The topological polar surface area (TPSA) is 67.4 Å². The standard InChI is InChI=1S/C14H22N4O2/c1-4-15-12-8-10(2)16-13(17-12)9-18-7-5-6-11(18)14(19)20-3/h8,11H,4-7,9H2,1-3H3,(H,15,16,17). The van der Waals surface area contributed by atoms with Crippen molar-refractivity contribution >= 4 is 11.8 Å². The quantitative estimate of drug-likeness (QED) is 0.820. The first-order valence-corrected chi connectivity index (χ1v) is 7.04. The number of likely N-dealkylation sites (tertiary alicyclic amines) is 1. The minimum atomic E-state index is -0.165. The van der Waals surface area contributed by atoms with Gasteiger partial charge in [0.15, 0.2) is 0 Å². The SMILES string of the molecule is CCNc1cc(C)nc(CN2CCCC2C(=O)OC)n1. The number of hydrogen-bond donors (Lipinski definition) is 1. The van der Waals surface area contributed by atoms with Gasteiger partial charge in [0.05, 0.1) is 13.7 Å². The molecule has 1 aliphatic heterocycles. The predicted octanol–water partition coefficient (Wildman–Crippen LogP) is 1.35. The molecule has 1 aromatic rings. The molecule has 0 saturated carbocycles. The van der Waals surface area contributed by atoms with Crippen molar-refractivity contribution in [2.75, 3.05) is 25.5 Å². The normalized spacial score (nSPS) is 19.1. The summed E-state index contributed by atoms with van der Waals surface area (Å²) in [7, 11) is 1.44. The van der Waals surface area contributed by atoms with E-state index in [4.69, 9.17) is 4.74 Å². The Balaban J connectivity index is 2.10. The lowest BCUT2D eigenvalue weighted by atomic mass is 10.2. The molecule has 20 heavy (non-hydrogen) atoms. The largest absolute Gasteiger partial charge is 0.468 e. The second kappa shape index (κ2) is 6.65. The van der Waals surface area contributed by atoms with Crippen LogP contribution in [0.4, 0.5) is 5.82 Å². The molecule has 0 aliphatic carbocycles. The second-order valence-electron chi connectivity index (χ2n) is 4.99. The van der Waals surface area contributed by atoms with Gasteiger partial charge in [0.2, 0.25) is 0 Å². The number of nitrogens with one attached hydrogen (secondary N) is 1. The number of carbonyl (C=O) groups is 1. The summed E-state index contributed by atoms with van der Waals surface area (Å²) >= 11 is 0. The van der Waals surface area contributed by atoms with E-state index in [9.17, 15) is 4.79 Å². The Kier molecular flexibility index (Phi) is 4.89. The van der Waals surface area contributed by atoms with Gasteiger partial charge in [0, 0.05) is 18.3 Å². The molecule has 2 rings (SSSR count). The van der Waals surface area contributed by atoms with Crippen LogP contribution in [-0.4, -0.2) is 47.1 Å². The molecule has 1 saturated heterocycles. The summed E-state index contributed by atoms with van der Waals surface area (Å²) in [6.07, 6.45) is 1.85. The molecule has 1 unspecified atom stereocenters. The molecule has 0 radical (unpaired) electrons. The number of nitrogens with zero attached hydrogens (tertiary/aromatic N) is 3. The molecule has 0 spiro atoms. The van der Waals surface area contributed by atoms with E-state index in [0.29, 0.717) is 6.54 Å². The van der Waals surface area contributed by atoms with E-state index in [1.807, 2.05) is 19.9 Å². The fraction of sp³-hybridized carbons (Fsp3) is 0.643. The van der Waals surface area contributed by atoms with Crippen molar-refractivity contribution in [1.29, 1.82) is 0 Å². The maximum absolute atomic E-state index is 11.7. The lowest BCUT2D eigenvalue weighted by molar-refractivity contribution is -0.146. The number of anilines is 1. The van der Waals surface area contributed by atoms with Crippen LogP contribution in [0.1, 0.15) is 31.3 Å². The summed E-state index contributed by atoms with van der Waals surface area (Å²) in [6.45, 7) is 6.27. The van der Waals surface area contributed by atoms with Crippen molar-refractivity contribution in [3.63, 3.8) is 0 Å². The van der Waals surface area contributed by atoms with Crippen molar-refractivity contribution < 1.29 is 9.53 Å². The summed E-state index contributed by atoms with van der Waals surface area (Å²) < 4.78 is 4.85. The number of aryl methyl sites for hydroxylation is 1. The molecule has 1 aliphatic rings. The van der Waals surface area contributed by atoms with Gasteiger partial charge < -0.3 is 10.1 Å². The summed E-state index contributed by atoms with van der Waals surface area (Å²) in [4.78, 5) is 22.8. The molecule has 6 heteroatoms. The molecule has 1 atom stereocenters. The zero-order chi connectivity index (χ0) is 14.5. The van der Waals surface area contributed by atoms with Crippen LogP contribution in [0.25, 0.3) is 0 Å². The Morgan fingerprint density at radius 2 is 2.35 bits per heavy atom. The molecule has 1 N–H and O–H groups in total. The van der Waals surface area contributed by atoms with Gasteiger partial charge in [0.1, 0.15) is 17.7 Å². The van der Waals surface area contributed by atoms with Crippen molar-refractivity contribution in [1.82, 2.24) is 14.9 Å². The van der Waals surface area contributed by atoms with Crippen LogP contribution < -0.4 is 5.32 Å². The molecular formula is C14H22N4O2. The number of esters is 1. The Morgan fingerprint density at radius 1 is 1.55 bits per heavy atom. The number of rotatable bonds is 5. The molecule has 0 aromatic carbocycles. The molecule has 110 valence electrons. The number of hydrogen-bond acceptors (Lipinski definition) is 6. The van der Waals surface area contributed by atoms with Gasteiger partial charge in [-0.2, -0.15) is 0 Å². The van der Waals surface area contributed by atoms with Gasteiger partial charge in [-0.3, -0.25) is 9.69 Å². The van der Waals surface area contributed by atoms with Crippen LogP contribution in [0.2, 0.25) is 0 Å². The predicted molar refractivity (Wildman–Crippen MR) is 76.4 cm³/mol. The van der Waals surface area contributed by atoms with Crippen molar-refractivity contribution in [2.45, 2.75) is 39.3 Å². The number of carbonyl (C=O) groups excluding carboxylic acids is 1. The third-order valence-electron chi connectivity index (χ3n) is 3.44. The van der Waals surface area contributed by atoms with Gasteiger partial charge in [0.25, 0.3) is 0 Å². The Morgan fingerprint density at radius 3 is 3.05 bits per heavy atom. The van der Waals surface area contributed by atoms with E-state index in [-0.39, 0.29) is 12.0 Å². The minimum Gasteiger partial charge on any atom is -0.468 e.